The molecular weight excluding hydrogens is 206 g/mol. The van der Waals surface area contributed by atoms with Gasteiger partial charge in [-0.25, -0.2) is 0 Å². The van der Waals surface area contributed by atoms with E-state index in [4.69, 9.17) is 0 Å². The quantitative estimate of drug-likeness (QED) is 0.720. The number of nitrogens with one attached hydrogen (secondary N) is 1. The van der Waals surface area contributed by atoms with Crippen molar-refractivity contribution in [2.24, 2.45) is 0 Å². The van der Waals surface area contributed by atoms with Crippen LogP contribution in [0.2, 0.25) is 0 Å². The van der Waals surface area contributed by atoms with Crippen molar-refractivity contribution >= 4 is 29.2 Å². The second-order valence-corrected chi connectivity index (χ2v) is 3.47. The Morgan fingerprint density at radius 1 is 1.19 bits per heavy atom. The summed E-state index contributed by atoms with van der Waals surface area (Å²) in [6.07, 6.45) is 2.76. The fourth-order valence-electron chi connectivity index (χ4n) is 1.61. The summed E-state index contributed by atoms with van der Waals surface area (Å²) in [6, 6.07) is 4.90. The van der Waals surface area contributed by atoms with Crippen LogP contribution in [0.4, 0.5) is 5.69 Å². The molecule has 0 aromatic heterocycles. The number of Topliss-reactive ketones (excluding diaryl/α,β-unsaturated/α-hetero) is 1. The van der Waals surface area contributed by atoms with E-state index in [1.54, 1.807) is 24.3 Å². The Morgan fingerprint density at radius 3 is 2.62 bits per heavy atom. The summed E-state index contributed by atoms with van der Waals surface area (Å²) >= 11 is 0. The van der Waals surface area contributed by atoms with E-state index in [-0.39, 0.29) is 5.91 Å². The first-order chi connectivity index (χ1) is 7.59. The number of hydrogen-bond donors (Lipinski definition) is 1. The summed E-state index contributed by atoms with van der Waals surface area (Å²) in [5.41, 5.74) is 1.46. The van der Waals surface area contributed by atoms with Crippen LogP contribution in [0.15, 0.2) is 24.3 Å². The Hall–Kier alpha value is -2.23. The molecule has 16 heavy (non-hydrogen) atoms. The Morgan fingerprint density at radius 2 is 1.94 bits per heavy atom. The molecule has 0 unspecified atom stereocenters. The number of benzene rings is 1. The van der Waals surface area contributed by atoms with E-state index in [1.807, 2.05) is 0 Å². The highest BCUT2D eigenvalue weighted by Gasteiger charge is 2.22. The average molecular weight is 215 g/mol. The van der Waals surface area contributed by atoms with E-state index in [9.17, 15) is 14.4 Å². The molecule has 0 atom stereocenters. The summed E-state index contributed by atoms with van der Waals surface area (Å²) < 4.78 is 0. The number of rotatable bonds is 1. The molecule has 0 bridgehead atoms. The molecule has 1 aromatic rings. The third kappa shape index (κ3) is 1.65. The van der Waals surface area contributed by atoms with Crippen molar-refractivity contribution in [1.29, 1.82) is 0 Å². The van der Waals surface area contributed by atoms with Crippen LogP contribution in [-0.4, -0.2) is 17.5 Å². The maximum atomic E-state index is 11.5. The minimum atomic E-state index is -0.537. The van der Waals surface area contributed by atoms with Crippen molar-refractivity contribution in [3.05, 3.63) is 35.4 Å². The zero-order chi connectivity index (χ0) is 11.7. The van der Waals surface area contributed by atoms with E-state index < -0.39 is 11.6 Å². The highest BCUT2D eigenvalue weighted by molar-refractivity contribution is 6.50. The Balaban J connectivity index is 2.55. The number of amides is 1. The van der Waals surface area contributed by atoms with Gasteiger partial charge in [0, 0.05) is 23.7 Å². The largest absolute Gasteiger partial charge is 0.326 e. The molecule has 0 heterocycles. The van der Waals surface area contributed by atoms with Gasteiger partial charge in [0.2, 0.25) is 17.5 Å². The van der Waals surface area contributed by atoms with Gasteiger partial charge < -0.3 is 5.32 Å². The van der Waals surface area contributed by atoms with Gasteiger partial charge in [0.15, 0.2) is 0 Å². The van der Waals surface area contributed by atoms with E-state index in [0.717, 1.165) is 0 Å². The first-order valence-electron chi connectivity index (χ1n) is 4.77. The monoisotopic (exact) mass is 215 g/mol. The van der Waals surface area contributed by atoms with Crippen LogP contribution >= 0.6 is 0 Å². The third-order valence-corrected chi connectivity index (χ3v) is 2.29. The van der Waals surface area contributed by atoms with Gasteiger partial charge >= 0.3 is 0 Å². The topological polar surface area (TPSA) is 63.2 Å². The van der Waals surface area contributed by atoms with Crippen LogP contribution in [0.1, 0.15) is 22.8 Å². The van der Waals surface area contributed by atoms with Crippen LogP contribution in [0, 0.1) is 0 Å². The molecule has 0 radical (unpaired) electrons. The number of hydrogen-bond acceptors (Lipinski definition) is 3. The highest BCUT2D eigenvalue weighted by Crippen LogP contribution is 2.25. The van der Waals surface area contributed by atoms with Gasteiger partial charge in [-0.1, -0.05) is 12.1 Å². The normalized spacial score (nSPS) is 13.6. The van der Waals surface area contributed by atoms with Crippen molar-refractivity contribution in [2.75, 3.05) is 5.32 Å². The molecule has 0 spiro atoms. The fraction of sp³-hybridized carbons (Fsp3) is 0.0833. The Labute approximate surface area is 92.0 Å². The summed E-state index contributed by atoms with van der Waals surface area (Å²) in [4.78, 5) is 33.7. The first kappa shape index (κ1) is 10.3. The first-order valence-corrected chi connectivity index (χ1v) is 4.77. The van der Waals surface area contributed by atoms with E-state index in [1.165, 1.54) is 13.0 Å². The molecule has 1 amide bonds. The summed E-state index contributed by atoms with van der Waals surface area (Å²) in [6.45, 7) is 1.39. The lowest BCUT2D eigenvalue weighted by molar-refractivity contribution is -0.114. The second kappa shape index (κ2) is 3.73. The Bertz CT molecular complexity index is 529. The van der Waals surface area contributed by atoms with Crippen LogP contribution in [0.5, 0.6) is 0 Å². The number of ketones is 2. The zero-order valence-electron chi connectivity index (χ0n) is 8.61. The highest BCUT2D eigenvalue weighted by atomic mass is 16.2. The molecule has 0 saturated carbocycles. The number of carbonyl (C=O) groups excluding carboxylic acids is 3. The molecule has 0 saturated heterocycles. The molecule has 80 valence electrons. The predicted octanol–water partition coefficient (Wildman–Crippen LogP) is 1.42. The van der Waals surface area contributed by atoms with Gasteiger partial charge in [-0.2, -0.15) is 0 Å². The number of fused-ring (bicyclic) bond motifs is 1. The zero-order valence-corrected chi connectivity index (χ0v) is 8.61. The molecule has 0 aliphatic heterocycles. The standard InChI is InChI=1S/C12H9NO3/c1-7(14)13-10-4-2-3-9-8(10)5-6-11(15)12(9)16/h2-6H,1H3,(H,13,14). The van der Waals surface area contributed by atoms with Crippen molar-refractivity contribution in [1.82, 2.24) is 0 Å². The Kier molecular flexibility index (Phi) is 2.40. The molecule has 1 aromatic carbocycles. The lowest BCUT2D eigenvalue weighted by Crippen LogP contribution is -2.18. The van der Waals surface area contributed by atoms with E-state index in [2.05, 4.69) is 5.32 Å². The smallest absolute Gasteiger partial charge is 0.233 e. The van der Waals surface area contributed by atoms with Crippen LogP contribution in [0.25, 0.3) is 6.08 Å². The number of anilines is 1. The second-order valence-electron chi connectivity index (χ2n) is 3.47. The third-order valence-electron chi connectivity index (χ3n) is 2.29. The number of allylic oxidation sites excluding steroid dienone is 1. The van der Waals surface area contributed by atoms with Crippen molar-refractivity contribution < 1.29 is 14.4 Å². The molecule has 4 nitrogen and oxygen atoms in total. The maximum absolute atomic E-state index is 11.5. The SMILES string of the molecule is CC(=O)Nc1cccc2c1C=CC(=O)C2=O. The summed E-state index contributed by atoms with van der Waals surface area (Å²) in [5.74, 6) is -1.29. The van der Waals surface area contributed by atoms with Crippen LogP contribution in [-0.2, 0) is 9.59 Å². The molecule has 4 heteroatoms. The van der Waals surface area contributed by atoms with E-state index >= 15 is 0 Å². The van der Waals surface area contributed by atoms with Crippen LogP contribution in [0.3, 0.4) is 0 Å². The minimum absolute atomic E-state index is 0.217. The lowest BCUT2D eigenvalue weighted by atomic mass is 9.94. The minimum Gasteiger partial charge on any atom is -0.326 e. The van der Waals surface area contributed by atoms with Crippen molar-refractivity contribution in [3.8, 4) is 0 Å². The molecule has 0 fully saturated rings. The predicted molar refractivity (Wildman–Crippen MR) is 59.1 cm³/mol. The lowest BCUT2D eigenvalue weighted by Gasteiger charge is -2.13. The molecule has 2 rings (SSSR count). The molecule has 1 N–H and O–H groups in total. The fourth-order valence-corrected chi connectivity index (χ4v) is 1.61. The average Bonchev–Trinajstić information content (AvgIpc) is 2.23. The van der Waals surface area contributed by atoms with Gasteiger partial charge in [-0.05, 0) is 18.2 Å². The molecule has 1 aliphatic rings. The van der Waals surface area contributed by atoms with Crippen LogP contribution < -0.4 is 5.32 Å². The maximum Gasteiger partial charge on any atom is 0.233 e. The van der Waals surface area contributed by atoms with Crippen molar-refractivity contribution in [2.45, 2.75) is 6.92 Å². The van der Waals surface area contributed by atoms with Gasteiger partial charge in [-0.3, -0.25) is 14.4 Å². The summed E-state index contributed by atoms with van der Waals surface area (Å²) in [7, 11) is 0. The summed E-state index contributed by atoms with van der Waals surface area (Å²) in [5, 5.41) is 2.61. The van der Waals surface area contributed by atoms with E-state index in [0.29, 0.717) is 16.8 Å². The molecule has 1 aliphatic carbocycles. The van der Waals surface area contributed by atoms with Gasteiger partial charge in [0.1, 0.15) is 0 Å². The van der Waals surface area contributed by atoms with Gasteiger partial charge in [-0.15, -0.1) is 0 Å². The van der Waals surface area contributed by atoms with Gasteiger partial charge in [0.25, 0.3) is 0 Å². The number of carbonyl (C=O) groups is 3. The van der Waals surface area contributed by atoms with Crippen molar-refractivity contribution in [3.63, 3.8) is 0 Å². The van der Waals surface area contributed by atoms with Gasteiger partial charge in [0.05, 0.1) is 0 Å². The molecular formula is C12H9NO3.